The second-order valence-electron chi connectivity index (χ2n) is 8.21. The number of anilines is 1. The van der Waals surface area contributed by atoms with E-state index in [1.54, 1.807) is 20.8 Å². The van der Waals surface area contributed by atoms with E-state index in [2.05, 4.69) is 11.9 Å². The summed E-state index contributed by atoms with van der Waals surface area (Å²) in [7, 11) is 1.18. The highest BCUT2D eigenvalue weighted by Crippen LogP contribution is 2.24. The zero-order valence-electron chi connectivity index (χ0n) is 18.5. The highest BCUT2D eigenvalue weighted by atomic mass is 16.6. The van der Waals surface area contributed by atoms with Gasteiger partial charge in [-0.2, -0.15) is 0 Å². The number of β-amino-alcohol motifs (C(OH)–C–C–N with tert-alkyl or cyclic N) is 1. The van der Waals surface area contributed by atoms with Crippen LogP contribution < -0.4 is 5.32 Å². The molecule has 2 N–H and O–H groups in total. The lowest BCUT2D eigenvalue weighted by Crippen LogP contribution is -2.45. The maximum atomic E-state index is 12.9. The van der Waals surface area contributed by atoms with Crippen molar-refractivity contribution >= 4 is 29.6 Å². The van der Waals surface area contributed by atoms with E-state index in [9.17, 15) is 24.3 Å². The van der Waals surface area contributed by atoms with Gasteiger partial charge in [0, 0.05) is 12.1 Å². The number of aliphatic hydroxyl groups excluding tert-OH is 1. The summed E-state index contributed by atoms with van der Waals surface area (Å²) in [5, 5.41) is 12.6. The molecule has 10 heteroatoms. The van der Waals surface area contributed by atoms with Gasteiger partial charge < -0.3 is 24.6 Å². The molecule has 0 aromatic heterocycles. The first-order chi connectivity index (χ1) is 14.9. The van der Waals surface area contributed by atoms with Crippen LogP contribution in [0.5, 0.6) is 0 Å². The minimum atomic E-state index is -1.00. The number of amides is 2. The van der Waals surface area contributed by atoms with Crippen LogP contribution in [-0.2, 0) is 19.0 Å². The molecule has 1 aliphatic heterocycles. The van der Waals surface area contributed by atoms with Gasteiger partial charge in [0.2, 0.25) is 5.91 Å². The summed E-state index contributed by atoms with van der Waals surface area (Å²) in [6.45, 7) is 8.45. The summed E-state index contributed by atoms with van der Waals surface area (Å²) in [6, 6.07) is 2.94. The fraction of sp³-hybridized carbons (Fsp3) is 0.455. The normalized spacial score (nSPS) is 18.0. The van der Waals surface area contributed by atoms with Crippen molar-refractivity contribution in [3.63, 3.8) is 0 Å². The van der Waals surface area contributed by atoms with E-state index in [-0.39, 0.29) is 36.4 Å². The van der Waals surface area contributed by atoms with Gasteiger partial charge in [0.05, 0.1) is 30.9 Å². The van der Waals surface area contributed by atoms with E-state index in [0.29, 0.717) is 0 Å². The number of benzene rings is 1. The molecule has 2 atom stereocenters. The Hall–Kier alpha value is -3.40. The topological polar surface area (TPSA) is 131 Å². The Morgan fingerprint density at radius 1 is 1.19 bits per heavy atom. The summed E-state index contributed by atoms with van der Waals surface area (Å²) in [6.07, 6.45) is -0.229. The first kappa shape index (κ1) is 24.9. The summed E-state index contributed by atoms with van der Waals surface area (Å²) in [5.74, 6) is -2.05. The van der Waals surface area contributed by atoms with E-state index in [4.69, 9.17) is 14.2 Å². The molecule has 0 bridgehead atoms. The number of hydrogen-bond acceptors (Lipinski definition) is 8. The number of ether oxygens (including phenoxy) is 3. The number of nitrogens with one attached hydrogen (secondary N) is 1. The predicted molar refractivity (Wildman–Crippen MR) is 114 cm³/mol. The number of carbonyl (C=O) groups is 4. The molecular weight excluding hydrogens is 420 g/mol. The van der Waals surface area contributed by atoms with Crippen LogP contribution in [0.3, 0.4) is 0 Å². The van der Waals surface area contributed by atoms with Crippen LogP contribution in [-0.4, -0.2) is 72.0 Å². The van der Waals surface area contributed by atoms with E-state index >= 15 is 0 Å². The van der Waals surface area contributed by atoms with Gasteiger partial charge in [0.1, 0.15) is 18.2 Å². The lowest BCUT2D eigenvalue weighted by Gasteiger charge is -2.27. The van der Waals surface area contributed by atoms with Crippen molar-refractivity contribution in [2.75, 3.05) is 25.6 Å². The SMILES string of the molecule is C=CCOC(=O)c1cc(NC(=O)[C@@H]2C[C@@H](O)CN2C(=O)OC(C)(C)C)cc(C(=O)OC)c1. The number of carbonyl (C=O) groups excluding carboxylic acids is 4. The molecule has 0 unspecified atom stereocenters. The molecule has 1 heterocycles. The van der Waals surface area contributed by atoms with Crippen LogP contribution in [0.4, 0.5) is 10.5 Å². The van der Waals surface area contributed by atoms with Crippen LogP contribution in [0, 0.1) is 0 Å². The molecule has 0 spiro atoms. The third kappa shape index (κ3) is 6.55. The van der Waals surface area contributed by atoms with Crippen molar-refractivity contribution in [3.05, 3.63) is 42.0 Å². The van der Waals surface area contributed by atoms with Crippen molar-refractivity contribution in [3.8, 4) is 0 Å². The number of aliphatic hydroxyl groups is 1. The Labute approximate surface area is 186 Å². The predicted octanol–water partition coefficient (Wildman–Crippen LogP) is 2.12. The van der Waals surface area contributed by atoms with Crippen molar-refractivity contribution < 1.29 is 38.5 Å². The zero-order valence-corrected chi connectivity index (χ0v) is 18.5. The first-order valence-corrected chi connectivity index (χ1v) is 9.95. The smallest absolute Gasteiger partial charge is 0.411 e. The largest absolute Gasteiger partial charge is 0.465 e. The quantitative estimate of drug-likeness (QED) is 0.384. The Bertz CT molecular complexity index is 906. The van der Waals surface area contributed by atoms with Crippen molar-refractivity contribution in [2.45, 2.75) is 44.9 Å². The Balaban J connectivity index is 2.28. The van der Waals surface area contributed by atoms with E-state index < -0.39 is 41.7 Å². The highest BCUT2D eigenvalue weighted by molar-refractivity contribution is 6.01. The molecular formula is C22H28N2O8. The molecule has 2 rings (SSSR count). The van der Waals surface area contributed by atoms with E-state index in [1.165, 1.54) is 31.4 Å². The molecule has 1 fully saturated rings. The Kier molecular flexibility index (Phi) is 7.98. The van der Waals surface area contributed by atoms with Gasteiger partial charge in [-0.15, -0.1) is 0 Å². The Morgan fingerprint density at radius 2 is 1.81 bits per heavy atom. The number of rotatable bonds is 6. The minimum absolute atomic E-state index is 0.00992. The van der Waals surface area contributed by atoms with Crippen LogP contribution >= 0.6 is 0 Å². The van der Waals surface area contributed by atoms with Crippen LogP contribution in [0.15, 0.2) is 30.9 Å². The molecule has 1 aromatic carbocycles. The fourth-order valence-electron chi connectivity index (χ4n) is 3.08. The van der Waals surface area contributed by atoms with Crippen molar-refractivity contribution in [2.24, 2.45) is 0 Å². The summed E-state index contributed by atoms with van der Waals surface area (Å²) < 4.78 is 15.0. The molecule has 1 aromatic rings. The van der Waals surface area contributed by atoms with Crippen LogP contribution in [0.2, 0.25) is 0 Å². The van der Waals surface area contributed by atoms with Crippen molar-refractivity contribution in [1.82, 2.24) is 4.90 Å². The van der Waals surface area contributed by atoms with Gasteiger partial charge in [0.15, 0.2) is 0 Å². The summed E-state index contributed by atoms with van der Waals surface area (Å²) >= 11 is 0. The number of hydrogen-bond donors (Lipinski definition) is 2. The second kappa shape index (κ2) is 10.3. The highest BCUT2D eigenvalue weighted by Gasteiger charge is 2.41. The van der Waals surface area contributed by atoms with E-state index in [1.807, 2.05) is 0 Å². The fourth-order valence-corrected chi connectivity index (χ4v) is 3.08. The van der Waals surface area contributed by atoms with Gasteiger partial charge in [0.25, 0.3) is 0 Å². The molecule has 0 saturated carbocycles. The maximum Gasteiger partial charge on any atom is 0.411 e. The molecule has 10 nitrogen and oxygen atoms in total. The molecule has 1 aliphatic rings. The second-order valence-corrected chi connectivity index (χ2v) is 8.21. The molecule has 1 saturated heterocycles. The maximum absolute atomic E-state index is 12.9. The summed E-state index contributed by atoms with van der Waals surface area (Å²) in [4.78, 5) is 50.8. The molecule has 0 radical (unpaired) electrons. The molecule has 0 aliphatic carbocycles. The monoisotopic (exact) mass is 448 g/mol. The number of likely N-dealkylation sites (tertiary alicyclic amines) is 1. The standard InChI is InChI=1S/C22H28N2O8/c1-6-7-31-20(28)14-8-13(19(27)30-5)9-15(10-14)23-18(26)17-11-16(25)12-24(17)21(29)32-22(2,3)4/h6,8-10,16-17,25H,1,7,11-12H2,2-5H3,(H,23,26)/t16-,17+/m1/s1. The van der Waals surface area contributed by atoms with E-state index in [0.717, 1.165) is 4.90 Å². The van der Waals surface area contributed by atoms with Crippen LogP contribution in [0.1, 0.15) is 47.9 Å². The number of nitrogens with zero attached hydrogens (tertiary/aromatic N) is 1. The lowest BCUT2D eigenvalue weighted by molar-refractivity contribution is -0.120. The average Bonchev–Trinajstić information content (AvgIpc) is 3.12. The molecule has 32 heavy (non-hydrogen) atoms. The van der Waals surface area contributed by atoms with Gasteiger partial charge in [-0.25, -0.2) is 14.4 Å². The number of esters is 2. The van der Waals surface area contributed by atoms with Gasteiger partial charge in [-0.3, -0.25) is 9.69 Å². The Morgan fingerprint density at radius 3 is 2.38 bits per heavy atom. The minimum Gasteiger partial charge on any atom is -0.465 e. The first-order valence-electron chi connectivity index (χ1n) is 9.95. The third-order valence-corrected chi connectivity index (χ3v) is 4.40. The van der Waals surface area contributed by atoms with Crippen molar-refractivity contribution in [1.29, 1.82) is 0 Å². The average molecular weight is 448 g/mol. The van der Waals surface area contributed by atoms with Gasteiger partial charge in [-0.05, 0) is 39.0 Å². The summed E-state index contributed by atoms with van der Waals surface area (Å²) in [5.41, 5.74) is -0.623. The third-order valence-electron chi connectivity index (χ3n) is 4.40. The lowest BCUT2D eigenvalue weighted by atomic mass is 10.1. The zero-order chi connectivity index (χ0) is 24.1. The molecule has 174 valence electrons. The van der Waals surface area contributed by atoms with Gasteiger partial charge >= 0.3 is 18.0 Å². The van der Waals surface area contributed by atoms with Gasteiger partial charge in [-0.1, -0.05) is 12.7 Å². The number of methoxy groups -OCH3 is 1. The molecule has 2 amide bonds. The van der Waals surface area contributed by atoms with Crippen LogP contribution in [0.25, 0.3) is 0 Å².